The number of nitrogens with two attached hydrogens (primary N) is 1. The Morgan fingerprint density at radius 1 is 1.50 bits per heavy atom. The Morgan fingerprint density at radius 3 is 2.89 bits per heavy atom. The number of carbonyl (C=O) groups is 1. The molecular formula is C11H13N5O2. The average molecular weight is 247 g/mol. The van der Waals surface area contributed by atoms with Crippen molar-refractivity contribution in [2.24, 2.45) is 7.05 Å². The van der Waals surface area contributed by atoms with Crippen molar-refractivity contribution in [3.63, 3.8) is 0 Å². The Hall–Kier alpha value is -2.44. The van der Waals surface area contributed by atoms with Crippen LogP contribution in [0.5, 0.6) is 0 Å². The van der Waals surface area contributed by atoms with Crippen molar-refractivity contribution >= 4 is 11.7 Å². The summed E-state index contributed by atoms with van der Waals surface area (Å²) < 4.78 is 5.09. The molecule has 18 heavy (non-hydrogen) atoms. The maximum absolute atomic E-state index is 11.9. The molecule has 0 saturated heterocycles. The van der Waals surface area contributed by atoms with E-state index in [-0.39, 0.29) is 6.61 Å². The lowest BCUT2D eigenvalue weighted by molar-refractivity contribution is 0.0462. The van der Waals surface area contributed by atoms with Gasteiger partial charge in [0, 0.05) is 5.69 Å². The molecule has 7 heteroatoms. The van der Waals surface area contributed by atoms with Gasteiger partial charge in [-0.2, -0.15) is 4.80 Å². The maximum atomic E-state index is 11.9. The molecule has 1 aromatic heterocycles. The molecule has 0 bridgehead atoms. The van der Waals surface area contributed by atoms with E-state index in [4.69, 9.17) is 10.5 Å². The van der Waals surface area contributed by atoms with Crippen LogP contribution < -0.4 is 5.73 Å². The van der Waals surface area contributed by atoms with Gasteiger partial charge in [-0.1, -0.05) is 12.1 Å². The van der Waals surface area contributed by atoms with Crippen molar-refractivity contribution in [2.75, 3.05) is 5.73 Å². The molecule has 0 amide bonds. The van der Waals surface area contributed by atoms with Crippen LogP contribution in [0.1, 0.15) is 21.7 Å². The van der Waals surface area contributed by atoms with Crippen LogP contribution in [-0.4, -0.2) is 26.2 Å². The van der Waals surface area contributed by atoms with Crippen molar-refractivity contribution in [3.8, 4) is 0 Å². The summed E-state index contributed by atoms with van der Waals surface area (Å²) in [5, 5.41) is 11.3. The molecular weight excluding hydrogens is 234 g/mol. The summed E-state index contributed by atoms with van der Waals surface area (Å²) >= 11 is 0. The summed E-state index contributed by atoms with van der Waals surface area (Å²) in [6.07, 6.45) is 0. The smallest absolute Gasteiger partial charge is 0.340 e. The molecule has 1 aromatic carbocycles. The Bertz CT molecular complexity index is 558. The van der Waals surface area contributed by atoms with Crippen LogP contribution in [0.4, 0.5) is 5.69 Å². The van der Waals surface area contributed by atoms with Gasteiger partial charge in [-0.05, 0) is 23.8 Å². The molecule has 2 aromatic rings. The SMILES string of the molecule is Cc1cccc(N)c1C(=O)OCc1nnn(C)n1. The van der Waals surface area contributed by atoms with Crippen LogP contribution in [0.2, 0.25) is 0 Å². The Morgan fingerprint density at radius 2 is 2.28 bits per heavy atom. The number of aromatic nitrogens is 4. The lowest BCUT2D eigenvalue weighted by atomic mass is 10.1. The zero-order chi connectivity index (χ0) is 13.1. The van der Waals surface area contributed by atoms with Crippen LogP contribution in [0.15, 0.2) is 18.2 Å². The molecule has 0 aliphatic rings. The Kier molecular flexibility index (Phi) is 3.22. The highest BCUT2D eigenvalue weighted by Gasteiger charge is 2.15. The predicted molar refractivity (Wildman–Crippen MR) is 63.5 cm³/mol. The van der Waals surface area contributed by atoms with Gasteiger partial charge in [-0.3, -0.25) is 0 Å². The van der Waals surface area contributed by atoms with E-state index in [0.29, 0.717) is 17.1 Å². The van der Waals surface area contributed by atoms with E-state index in [1.54, 1.807) is 32.2 Å². The van der Waals surface area contributed by atoms with Crippen LogP contribution in [0.3, 0.4) is 0 Å². The van der Waals surface area contributed by atoms with Gasteiger partial charge in [0.15, 0.2) is 6.61 Å². The molecule has 1 heterocycles. The van der Waals surface area contributed by atoms with E-state index < -0.39 is 5.97 Å². The molecule has 7 nitrogen and oxygen atoms in total. The molecule has 0 atom stereocenters. The van der Waals surface area contributed by atoms with E-state index in [1.807, 2.05) is 0 Å². The molecule has 2 rings (SSSR count). The minimum atomic E-state index is -0.488. The van der Waals surface area contributed by atoms with Gasteiger partial charge in [0.25, 0.3) is 0 Å². The number of hydrogen-bond donors (Lipinski definition) is 1. The second kappa shape index (κ2) is 4.82. The quantitative estimate of drug-likeness (QED) is 0.625. The van der Waals surface area contributed by atoms with Gasteiger partial charge in [-0.15, -0.1) is 10.2 Å². The lowest BCUT2D eigenvalue weighted by Crippen LogP contribution is -2.10. The molecule has 0 saturated carbocycles. The van der Waals surface area contributed by atoms with Gasteiger partial charge in [0.05, 0.1) is 12.6 Å². The fraction of sp³-hybridized carbons (Fsp3) is 0.273. The monoisotopic (exact) mass is 247 g/mol. The number of esters is 1. The summed E-state index contributed by atoms with van der Waals surface area (Å²) in [4.78, 5) is 13.2. The minimum absolute atomic E-state index is 0.0273. The van der Waals surface area contributed by atoms with Crippen LogP contribution in [0.25, 0.3) is 0 Å². The number of aryl methyl sites for hydroxylation is 2. The van der Waals surface area contributed by atoms with Crippen molar-refractivity contribution in [3.05, 3.63) is 35.2 Å². The average Bonchev–Trinajstić information content (AvgIpc) is 2.72. The van der Waals surface area contributed by atoms with Gasteiger partial charge in [0.1, 0.15) is 0 Å². The Balaban J connectivity index is 2.08. The molecule has 0 unspecified atom stereocenters. The van der Waals surface area contributed by atoms with Gasteiger partial charge in [-0.25, -0.2) is 4.79 Å². The number of benzene rings is 1. The first-order valence-electron chi connectivity index (χ1n) is 5.33. The minimum Gasteiger partial charge on any atom is -0.454 e. The van der Waals surface area contributed by atoms with Crippen LogP contribution in [-0.2, 0) is 18.4 Å². The number of carbonyl (C=O) groups excluding carboxylic acids is 1. The molecule has 0 fully saturated rings. The second-order valence-electron chi connectivity index (χ2n) is 3.81. The molecule has 0 aliphatic carbocycles. The van der Waals surface area contributed by atoms with E-state index in [0.717, 1.165) is 5.56 Å². The number of anilines is 1. The third kappa shape index (κ3) is 2.45. The highest BCUT2D eigenvalue weighted by molar-refractivity contribution is 5.96. The largest absolute Gasteiger partial charge is 0.454 e. The number of nitrogen functional groups attached to an aromatic ring is 1. The van der Waals surface area contributed by atoms with Crippen molar-refractivity contribution < 1.29 is 9.53 Å². The van der Waals surface area contributed by atoms with Crippen molar-refractivity contribution in [1.29, 1.82) is 0 Å². The number of tetrazole rings is 1. The second-order valence-corrected chi connectivity index (χ2v) is 3.81. The lowest BCUT2D eigenvalue weighted by Gasteiger charge is -2.07. The molecule has 0 aliphatic heterocycles. The number of rotatable bonds is 3. The van der Waals surface area contributed by atoms with E-state index in [2.05, 4.69) is 15.4 Å². The highest BCUT2D eigenvalue weighted by Crippen LogP contribution is 2.17. The standard InChI is InChI=1S/C11H13N5O2/c1-7-4-3-5-8(12)10(7)11(17)18-6-9-13-15-16(2)14-9/h3-5H,6,12H2,1-2H3. The van der Waals surface area contributed by atoms with Crippen LogP contribution >= 0.6 is 0 Å². The summed E-state index contributed by atoms with van der Waals surface area (Å²) in [5.41, 5.74) is 7.29. The fourth-order valence-electron chi connectivity index (χ4n) is 1.55. The zero-order valence-corrected chi connectivity index (χ0v) is 10.1. The summed E-state index contributed by atoms with van der Waals surface area (Å²) in [6.45, 7) is 1.77. The van der Waals surface area contributed by atoms with Crippen LogP contribution in [0, 0.1) is 6.92 Å². The summed E-state index contributed by atoms with van der Waals surface area (Å²) in [7, 11) is 1.64. The number of hydrogen-bond acceptors (Lipinski definition) is 6. The number of nitrogens with zero attached hydrogens (tertiary/aromatic N) is 4. The van der Waals surface area contributed by atoms with Gasteiger partial charge >= 0.3 is 5.97 Å². The summed E-state index contributed by atoms with van der Waals surface area (Å²) in [5.74, 6) is -0.143. The van der Waals surface area contributed by atoms with Gasteiger partial charge in [0.2, 0.25) is 5.82 Å². The third-order valence-electron chi connectivity index (χ3n) is 2.39. The Labute approximate surface area is 104 Å². The zero-order valence-electron chi connectivity index (χ0n) is 10.1. The first-order chi connectivity index (χ1) is 8.58. The number of ether oxygens (including phenoxy) is 1. The predicted octanol–water partition coefficient (Wildman–Crippen LogP) is 0.458. The molecule has 94 valence electrons. The van der Waals surface area contributed by atoms with E-state index in [1.165, 1.54) is 4.80 Å². The van der Waals surface area contributed by atoms with Crippen molar-refractivity contribution in [2.45, 2.75) is 13.5 Å². The third-order valence-corrected chi connectivity index (χ3v) is 2.39. The first-order valence-corrected chi connectivity index (χ1v) is 5.33. The maximum Gasteiger partial charge on any atom is 0.340 e. The molecule has 0 spiro atoms. The van der Waals surface area contributed by atoms with E-state index >= 15 is 0 Å². The molecule has 2 N–H and O–H groups in total. The summed E-state index contributed by atoms with van der Waals surface area (Å²) in [6, 6.07) is 5.24. The fourth-order valence-corrected chi connectivity index (χ4v) is 1.55. The van der Waals surface area contributed by atoms with E-state index in [9.17, 15) is 4.79 Å². The highest BCUT2D eigenvalue weighted by atomic mass is 16.5. The topological polar surface area (TPSA) is 95.9 Å². The van der Waals surface area contributed by atoms with Gasteiger partial charge < -0.3 is 10.5 Å². The molecule has 0 radical (unpaired) electrons. The normalized spacial score (nSPS) is 10.3. The first kappa shape index (κ1) is 12.0. The van der Waals surface area contributed by atoms with Crippen molar-refractivity contribution in [1.82, 2.24) is 20.2 Å².